The number of primary sulfonamides is 1. The van der Waals surface area contributed by atoms with Gasteiger partial charge in [-0.15, -0.1) is 11.3 Å². The quantitative estimate of drug-likeness (QED) is 0.611. The number of thiazole rings is 1. The lowest BCUT2D eigenvalue weighted by Gasteiger charge is -2.06. The fourth-order valence-corrected chi connectivity index (χ4v) is 4.44. The van der Waals surface area contributed by atoms with Gasteiger partial charge in [0, 0.05) is 12.1 Å². The Bertz CT molecular complexity index is 1040. The topological polar surface area (TPSA) is 102 Å². The molecule has 3 rings (SSSR count). The van der Waals surface area contributed by atoms with Gasteiger partial charge in [0.2, 0.25) is 15.9 Å². The van der Waals surface area contributed by atoms with Gasteiger partial charge in [0.1, 0.15) is 0 Å². The highest BCUT2D eigenvalue weighted by Gasteiger charge is 2.09. The van der Waals surface area contributed by atoms with E-state index in [0.717, 1.165) is 25.8 Å². The van der Waals surface area contributed by atoms with Gasteiger partial charge in [-0.05, 0) is 48.6 Å². The van der Waals surface area contributed by atoms with Crippen LogP contribution in [0.2, 0.25) is 0 Å². The number of amides is 1. The van der Waals surface area contributed by atoms with Crippen LogP contribution in [0.15, 0.2) is 51.7 Å². The predicted octanol–water partition coefficient (Wildman–Crippen LogP) is 3.24. The Balaban J connectivity index is 1.60. The number of carbonyl (C=O) groups is 1. The molecule has 3 N–H and O–H groups in total. The second kappa shape index (κ2) is 7.75. The number of nitrogens with one attached hydrogen (secondary N) is 1. The zero-order valence-electron chi connectivity index (χ0n) is 13.9. The van der Waals surface area contributed by atoms with Gasteiger partial charge in [-0.25, -0.2) is 18.5 Å². The molecule has 2 aromatic carbocycles. The molecule has 1 heterocycles. The van der Waals surface area contributed by atoms with E-state index in [2.05, 4.69) is 10.3 Å². The number of nitrogens with zero attached hydrogens (tertiary/aromatic N) is 1. The van der Waals surface area contributed by atoms with Gasteiger partial charge in [0.15, 0.2) is 4.34 Å². The monoisotopic (exact) mass is 407 g/mol. The van der Waals surface area contributed by atoms with E-state index >= 15 is 0 Å². The lowest BCUT2D eigenvalue weighted by molar-refractivity contribution is -0.116. The van der Waals surface area contributed by atoms with E-state index in [1.54, 1.807) is 35.2 Å². The SMILES string of the molecule is CSc1nc2ccc(NC(=O)CCc3ccc(S(N)(=O)=O)cc3)cc2s1. The number of rotatable bonds is 6. The second-order valence-electron chi connectivity index (χ2n) is 5.60. The Labute approximate surface area is 159 Å². The van der Waals surface area contributed by atoms with Crippen LogP contribution in [0.1, 0.15) is 12.0 Å². The number of sulfonamides is 1. The molecular weight excluding hydrogens is 390 g/mol. The lowest BCUT2D eigenvalue weighted by atomic mass is 10.1. The maximum Gasteiger partial charge on any atom is 0.238 e. The van der Waals surface area contributed by atoms with Gasteiger partial charge >= 0.3 is 0 Å². The van der Waals surface area contributed by atoms with E-state index in [1.807, 2.05) is 24.5 Å². The van der Waals surface area contributed by atoms with Crippen LogP contribution in [0.5, 0.6) is 0 Å². The minimum absolute atomic E-state index is 0.0631. The molecule has 26 heavy (non-hydrogen) atoms. The predicted molar refractivity (Wildman–Crippen MR) is 106 cm³/mol. The van der Waals surface area contributed by atoms with Crippen molar-refractivity contribution in [3.63, 3.8) is 0 Å². The van der Waals surface area contributed by atoms with Crippen molar-refractivity contribution in [2.75, 3.05) is 11.6 Å². The Morgan fingerprint density at radius 2 is 1.96 bits per heavy atom. The van der Waals surface area contributed by atoms with Crippen LogP contribution in [0.3, 0.4) is 0 Å². The molecule has 0 unspecified atom stereocenters. The van der Waals surface area contributed by atoms with Crippen molar-refractivity contribution in [1.82, 2.24) is 4.98 Å². The first-order chi connectivity index (χ1) is 12.3. The minimum atomic E-state index is -3.69. The summed E-state index contributed by atoms with van der Waals surface area (Å²) in [6.07, 6.45) is 2.79. The summed E-state index contributed by atoms with van der Waals surface area (Å²) < 4.78 is 24.5. The molecule has 3 aromatic rings. The summed E-state index contributed by atoms with van der Waals surface area (Å²) in [6.45, 7) is 0. The summed E-state index contributed by atoms with van der Waals surface area (Å²) in [5, 5.41) is 7.95. The molecule has 1 amide bonds. The van der Waals surface area contributed by atoms with Crippen molar-refractivity contribution in [3.8, 4) is 0 Å². The standard InChI is InChI=1S/C17H17N3O3S3/c1-24-17-20-14-8-5-12(10-15(14)25-17)19-16(21)9-4-11-2-6-13(7-3-11)26(18,22)23/h2-3,5-8,10H,4,9H2,1H3,(H,19,21)(H2,18,22,23). The highest BCUT2D eigenvalue weighted by atomic mass is 32.2. The zero-order chi connectivity index (χ0) is 18.7. The maximum atomic E-state index is 12.2. The molecule has 0 fully saturated rings. The molecule has 0 saturated heterocycles. The van der Waals surface area contributed by atoms with E-state index in [9.17, 15) is 13.2 Å². The molecule has 0 saturated carbocycles. The molecule has 0 atom stereocenters. The van der Waals surface area contributed by atoms with Crippen LogP contribution in [0, 0.1) is 0 Å². The largest absolute Gasteiger partial charge is 0.326 e. The summed E-state index contributed by atoms with van der Waals surface area (Å²) in [5.74, 6) is -0.102. The minimum Gasteiger partial charge on any atom is -0.326 e. The Morgan fingerprint density at radius 1 is 1.23 bits per heavy atom. The average molecular weight is 408 g/mol. The third-order valence-corrected chi connectivity index (χ3v) is 6.65. The molecule has 0 bridgehead atoms. The first-order valence-electron chi connectivity index (χ1n) is 7.71. The summed E-state index contributed by atoms with van der Waals surface area (Å²) >= 11 is 3.19. The van der Waals surface area contributed by atoms with Gasteiger partial charge in [0.25, 0.3) is 0 Å². The molecule has 9 heteroatoms. The highest BCUT2D eigenvalue weighted by molar-refractivity contribution is 8.00. The number of carbonyl (C=O) groups excluding carboxylic acids is 1. The van der Waals surface area contributed by atoms with Gasteiger partial charge in [-0.2, -0.15) is 0 Å². The molecule has 0 spiro atoms. The second-order valence-corrected chi connectivity index (χ2v) is 9.25. The number of hydrogen-bond acceptors (Lipinski definition) is 6. The van der Waals surface area contributed by atoms with Crippen LogP contribution < -0.4 is 10.5 Å². The molecule has 1 aromatic heterocycles. The Morgan fingerprint density at radius 3 is 2.62 bits per heavy atom. The maximum absolute atomic E-state index is 12.2. The fraction of sp³-hybridized carbons (Fsp3) is 0.176. The molecule has 6 nitrogen and oxygen atoms in total. The zero-order valence-corrected chi connectivity index (χ0v) is 16.4. The van der Waals surface area contributed by atoms with Gasteiger partial charge in [-0.3, -0.25) is 4.79 Å². The number of aromatic nitrogens is 1. The molecule has 0 aliphatic heterocycles. The third kappa shape index (κ3) is 4.61. The van der Waals surface area contributed by atoms with Gasteiger partial charge in [0.05, 0.1) is 15.1 Å². The van der Waals surface area contributed by atoms with E-state index in [0.29, 0.717) is 12.8 Å². The van der Waals surface area contributed by atoms with E-state index in [4.69, 9.17) is 5.14 Å². The summed E-state index contributed by atoms with van der Waals surface area (Å²) in [6, 6.07) is 11.9. The smallest absolute Gasteiger partial charge is 0.238 e. The van der Waals surface area contributed by atoms with Crippen molar-refractivity contribution in [2.24, 2.45) is 5.14 Å². The number of hydrogen-bond donors (Lipinski definition) is 2. The average Bonchev–Trinajstić information content (AvgIpc) is 3.02. The molecule has 0 radical (unpaired) electrons. The number of thioether (sulfide) groups is 1. The Hall–Kier alpha value is -1.94. The highest BCUT2D eigenvalue weighted by Crippen LogP contribution is 2.30. The van der Waals surface area contributed by atoms with Crippen LogP contribution in [-0.2, 0) is 21.2 Å². The van der Waals surface area contributed by atoms with E-state index in [-0.39, 0.29) is 10.8 Å². The fourth-order valence-electron chi connectivity index (χ4n) is 2.40. The lowest BCUT2D eigenvalue weighted by Crippen LogP contribution is -2.13. The molecule has 136 valence electrons. The number of nitrogens with two attached hydrogens (primary N) is 1. The van der Waals surface area contributed by atoms with Crippen molar-refractivity contribution in [3.05, 3.63) is 48.0 Å². The first-order valence-corrected chi connectivity index (χ1v) is 11.3. The molecule has 0 aliphatic rings. The van der Waals surface area contributed by atoms with Crippen LogP contribution in [-0.4, -0.2) is 25.6 Å². The number of aryl methyl sites for hydroxylation is 1. The normalized spacial score (nSPS) is 11.6. The van der Waals surface area contributed by atoms with Crippen LogP contribution in [0.4, 0.5) is 5.69 Å². The van der Waals surface area contributed by atoms with Crippen molar-refractivity contribution >= 4 is 54.9 Å². The summed E-state index contributed by atoms with van der Waals surface area (Å²) in [5.41, 5.74) is 2.53. The van der Waals surface area contributed by atoms with Crippen LogP contribution in [0.25, 0.3) is 10.2 Å². The van der Waals surface area contributed by atoms with Crippen molar-refractivity contribution in [1.29, 1.82) is 0 Å². The summed E-state index contributed by atoms with van der Waals surface area (Å²) in [4.78, 5) is 16.7. The van der Waals surface area contributed by atoms with Crippen molar-refractivity contribution < 1.29 is 13.2 Å². The van der Waals surface area contributed by atoms with Gasteiger partial charge in [-0.1, -0.05) is 23.9 Å². The number of anilines is 1. The molecular formula is C17H17N3O3S3. The Kier molecular flexibility index (Phi) is 5.61. The number of benzene rings is 2. The number of fused-ring (bicyclic) bond motifs is 1. The van der Waals surface area contributed by atoms with Crippen molar-refractivity contribution in [2.45, 2.75) is 22.1 Å². The summed E-state index contributed by atoms with van der Waals surface area (Å²) in [7, 11) is -3.69. The van der Waals surface area contributed by atoms with E-state index in [1.165, 1.54) is 12.1 Å². The van der Waals surface area contributed by atoms with Crippen LogP contribution >= 0.6 is 23.1 Å². The molecule has 0 aliphatic carbocycles. The van der Waals surface area contributed by atoms with E-state index < -0.39 is 10.0 Å². The third-order valence-electron chi connectivity index (χ3n) is 3.72. The first kappa shape index (κ1) is 18.8. The van der Waals surface area contributed by atoms with Gasteiger partial charge < -0.3 is 5.32 Å².